The molecule has 0 fully saturated rings. The lowest BCUT2D eigenvalue weighted by molar-refractivity contribution is -0.161. The van der Waals surface area contributed by atoms with Gasteiger partial charge in [-0.3, -0.25) is 37.3 Å². The number of hydrogen-bond acceptors (Lipinski definition) is 15. The Kier molecular flexibility index (Phi) is 65.0. The summed E-state index contributed by atoms with van der Waals surface area (Å²) in [4.78, 5) is 72.8. The molecule has 19 heteroatoms. The molecular weight excluding hydrogens is 1260 g/mol. The topological polar surface area (TPSA) is 237 Å². The van der Waals surface area contributed by atoms with Crippen LogP contribution in [0, 0.1) is 23.7 Å². The SMILES string of the molecule is CC(C)CCCCCCCCCCCCCCCCCCCCC(=O)O[C@H](COC(=O)CCCCCCCCCC(C)C)COP(=O)(O)OCC(O)COP(=O)(O)OC[C@@H](COC(=O)CCCCCCCCCCCCCCC(C)C)OC(=O)CCCCCCCCCC(C)C. The third-order valence-corrected chi connectivity index (χ3v) is 19.7. The number of hydrogen-bond donors (Lipinski definition) is 3. The highest BCUT2D eigenvalue weighted by Crippen LogP contribution is 2.45. The van der Waals surface area contributed by atoms with Gasteiger partial charge in [-0.1, -0.05) is 338 Å². The third-order valence-electron chi connectivity index (χ3n) is 17.8. The van der Waals surface area contributed by atoms with Gasteiger partial charge in [0.25, 0.3) is 0 Å². The van der Waals surface area contributed by atoms with E-state index in [0.717, 1.165) is 108 Å². The zero-order chi connectivity index (χ0) is 71.0. The first-order valence-corrected chi connectivity index (χ1v) is 42.7. The van der Waals surface area contributed by atoms with Crippen molar-refractivity contribution in [2.75, 3.05) is 39.6 Å². The minimum absolute atomic E-state index is 0.103. The molecule has 0 aliphatic rings. The number of ether oxygens (including phenoxy) is 4. The number of carbonyl (C=O) groups is 4. The molecule has 570 valence electrons. The quantitative estimate of drug-likeness (QED) is 0.0222. The Labute approximate surface area is 588 Å². The van der Waals surface area contributed by atoms with E-state index >= 15 is 0 Å². The number of phosphoric acid groups is 2. The van der Waals surface area contributed by atoms with E-state index in [1.54, 1.807) is 0 Å². The van der Waals surface area contributed by atoms with Crippen LogP contribution in [0.1, 0.15) is 389 Å². The van der Waals surface area contributed by atoms with Gasteiger partial charge >= 0.3 is 39.5 Å². The number of carbonyl (C=O) groups excluding carboxylic acids is 4. The molecule has 5 atom stereocenters. The fraction of sp³-hybridized carbons (Fsp3) is 0.948. The van der Waals surface area contributed by atoms with Crippen LogP contribution in [0.15, 0.2) is 0 Å². The van der Waals surface area contributed by atoms with Crippen molar-refractivity contribution in [3.63, 3.8) is 0 Å². The summed E-state index contributed by atoms with van der Waals surface area (Å²) < 4.78 is 68.5. The Hall–Kier alpha value is -1.94. The molecule has 0 aromatic heterocycles. The maximum absolute atomic E-state index is 13.1. The van der Waals surface area contributed by atoms with Gasteiger partial charge in [0, 0.05) is 25.7 Å². The third kappa shape index (κ3) is 70.5. The number of esters is 4. The van der Waals surface area contributed by atoms with Crippen molar-refractivity contribution in [1.82, 2.24) is 0 Å². The Morgan fingerprint density at radius 2 is 0.438 bits per heavy atom. The number of aliphatic hydroxyl groups is 1. The molecule has 0 amide bonds. The summed E-state index contributed by atoms with van der Waals surface area (Å²) in [7, 11) is -9.91. The Morgan fingerprint density at radius 3 is 0.646 bits per heavy atom. The van der Waals surface area contributed by atoms with Crippen molar-refractivity contribution in [2.45, 2.75) is 408 Å². The van der Waals surface area contributed by atoms with Crippen LogP contribution < -0.4 is 0 Å². The molecule has 0 spiro atoms. The van der Waals surface area contributed by atoms with Gasteiger partial charge in [-0.15, -0.1) is 0 Å². The van der Waals surface area contributed by atoms with Gasteiger partial charge in [0.05, 0.1) is 26.4 Å². The number of unbranched alkanes of at least 4 members (excludes halogenated alkanes) is 40. The normalized spacial score (nSPS) is 14.1. The van der Waals surface area contributed by atoms with Crippen molar-refractivity contribution in [3.05, 3.63) is 0 Å². The summed E-state index contributed by atoms with van der Waals surface area (Å²) in [6, 6.07) is 0. The molecule has 96 heavy (non-hydrogen) atoms. The zero-order valence-electron chi connectivity index (χ0n) is 63.0. The van der Waals surface area contributed by atoms with Crippen LogP contribution in [0.25, 0.3) is 0 Å². The van der Waals surface area contributed by atoms with E-state index < -0.39 is 97.5 Å². The van der Waals surface area contributed by atoms with E-state index in [2.05, 4.69) is 55.4 Å². The largest absolute Gasteiger partial charge is 0.472 e. The second-order valence-corrected chi connectivity index (χ2v) is 32.6. The maximum Gasteiger partial charge on any atom is 0.472 e. The summed E-state index contributed by atoms with van der Waals surface area (Å²) in [5.74, 6) is 0.879. The highest BCUT2D eigenvalue weighted by atomic mass is 31.2. The average Bonchev–Trinajstić information content (AvgIpc) is 1.62. The number of rotatable bonds is 74. The minimum Gasteiger partial charge on any atom is -0.462 e. The van der Waals surface area contributed by atoms with Gasteiger partial charge in [-0.2, -0.15) is 0 Å². The predicted molar refractivity (Wildman–Crippen MR) is 391 cm³/mol. The summed E-state index contributed by atoms with van der Waals surface area (Å²) in [5, 5.41) is 10.6. The van der Waals surface area contributed by atoms with Crippen molar-refractivity contribution < 1.29 is 80.2 Å². The molecule has 0 rings (SSSR count). The molecule has 0 aliphatic heterocycles. The lowest BCUT2D eigenvalue weighted by atomic mass is 10.0. The van der Waals surface area contributed by atoms with E-state index in [9.17, 15) is 43.2 Å². The maximum atomic E-state index is 13.1. The Balaban J connectivity index is 5.16. The highest BCUT2D eigenvalue weighted by Gasteiger charge is 2.30. The number of aliphatic hydroxyl groups excluding tert-OH is 1. The molecule has 0 aromatic carbocycles. The van der Waals surface area contributed by atoms with Crippen molar-refractivity contribution in [2.24, 2.45) is 23.7 Å². The molecule has 0 heterocycles. The Bertz CT molecular complexity index is 1880. The summed E-state index contributed by atoms with van der Waals surface area (Å²) in [5.41, 5.74) is 0. The van der Waals surface area contributed by atoms with Crippen LogP contribution >= 0.6 is 15.6 Å². The fourth-order valence-electron chi connectivity index (χ4n) is 11.7. The van der Waals surface area contributed by atoms with Gasteiger partial charge < -0.3 is 33.8 Å². The first-order valence-electron chi connectivity index (χ1n) is 39.7. The number of phosphoric ester groups is 2. The standard InChI is InChI=1S/C77H150O17P2/c1-67(2)53-45-37-29-23-19-15-13-11-9-10-12-14-16-22-26-34-43-51-59-76(81)93-72(64-88-75(80)58-50-42-35-27-31-39-47-55-69(5)6)65-91-95(83,84)89-61-71(78)62-90-96(85,86)92-66-73(94-77(82)60-52-44-36-28-32-40-48-56-70(7)8)63-87-74(79)57-49-41-33-25-21-18-17-20-24-30-38-46-54-68(3)4/h67-73,78H,9-66H2,1-8H3,(H,83,84)(H,85,86)/t71?,72-,73-/m1/s1. The summed E-state index contributed by atoms with van der Waals surface area (Å²) in [6.45, 7) is 14.1. The highest BCUT2D eigenvalue weighted by molar-refractivity contribution is 7.47. The van der Waals surface area contributed by atoms with Crippen LogP contribution in [0.5, 0.6) is 0 Å². The first-order chi connectivity index (χ1) is 46.1. The second-order valence-electron chi connectivity index (χ2n) is 29.7. The van der Waals surface area contributed by atoms with E-state index in [1.807, 2.05) is 0 Å². The van der Waals surface area contributed by atoms with Crippen LogP contribution in [0.3, 0.4) is 0 Å². The molecule has 0 aliphatic carbocycles. The molecule has 0 saturated heterocycles. The molecule has 0 aromatic rings. The van der Waals surface area contributed by atoms with Crippen LogP contribution in [-0.2, 0) is 65.4 Å². The monoisotopic (exact) mass is 1410 g/mol. The van der Waals surface area contributed by atoms with Gasteiger partial charge in [-0.05, 0) is 49.4 Å². The van der Waals surface area contributed by atoms with E-state index in [0.29, 0.717) is 37.5 Å². The lowest BCUT2D eigenvalue weighted by Crippen LogP contribution is -2.30. The van der Waals surface area contributed by atoms with Crippen LogP contribution in [-0.4, -0.2) is 96.7 Å². The average molecular weight is 1410 g/mol. The van der Waals surface area contributed by atoms with E-state index in [-0.39, 0.29) is 25.7 Å². The smallest absolute Gasteiger partial charge is 0.462 e. The molecular formula is C77H150O17P2. The van der Waals surface area contributed by atoms with E-state index in [1.165, 1.54) is 186 Å². The second kappa shape index (κ2) is 66.3. The summed E-state index contributed by atoms with van der Waals surface area (Å²) in [6.07, 6.45) is 51.7. The molecule has 3 unspecified atom stereocenters. The molecule has 17 nitrogen and oxygen atoms in total. The van der Waals surface area contributed by atoms with Gasteiger partial charge in [0.2, 0.25) is 0 Å². The van der Waals surface area contributed by atoms with Crippen molar-refractivity contribution in [3.8, 4) is 0 Å². The van der Waals surface area contributed by atoms with Gasteiger partial charge in [0.1, 0.15) is 19.3 Å². The van der Waals surface area contributed by atoms with E-state index in [4.69, 9.17) is 37.0 Å². The van der Waals surface area contributed by atoms with Gasteiger partial charge in [-0.25, -0.2) is 9.13 Å². The van der Waals surface area contributed by atoms with Gasteiger partial charge in [0.15, 0.2) is 12.2 Å². The first kappa shape index (κ1) is 94.1. The summed E-state index contributed by atoms with van der Waals surface area (Å²) >= 11 is 0. The molecule has 3 N–H and O–H groups in total. The predicted octanol–water partition coefficient (Wildman–Crippen LogP) is 22.4. The van der Waals surface area contributed by atoms with Crippen LogP contribution in [0.2, 0.25) is 0 Å². The minimum atomic E-state index is -4.96. The van der Waals surface area contributed by atoms with Crippen molar-refractivity contribution >= 4 is 39.5 Å². The molecule has 0 saturated carbocycles. The zero-order valence-corrected chi connectivity index (χ0v) is 64.8. The van der Waals surface area contributed by atoms with Crippen molar-refractivity contribution in [1.29, 1.82) is 0 Å². The molecule has 0 bridgehead atoms. The van der Waals surface area contributed by atoms with Crippen LogP contribution in [0.4, 0.5) is 0 Å². The molecule has 0 radical (unpaired) electrons. The fourth-order valence-corrected chi connectivity index (χ4v) is 13.3. The lowest BCUT2D eigenvalue weighted by Gasteiger charge is -2.21. The Morgan fingerprint density at radius 1 is 0.260 bits per heavy atom.